The molecule has 0 aromatic heterocycles. The van der Waals surface area contributed by atoms with Gasteiger partial charge in [0.1, 0.15) is 5.60 Å². The number of carboxylic acid groups (broad SMARTS) is 1. The molecule has 0 aromatic carbocycles. The number of carboxylic acids is 1. The van der Waals surface area contributed by atoms with E-state index in [1.54, 1.807) is 20.8 Å². The average Bonchev–Trinajstić information content (AvgIpc) is 2.19. The van der Waals surface area contributed by atoms with Gasteiger partial charge >= 0.3 is 6.09 Å². The Labute approximate surface area is 116 Å². The van der Waals surface area contributed by atoms with Crippen molar-refractivity contribution in [2.24, 2.45) is 0 Å². The van der Waals surface area contributed by atoms with E-state index in [1.165, 1.54) is 6.92 Å². The van der Waals surface area contributed by atoms with E-state index in [2.05, 4.69) is 10.6 Å². The lowest BCUT2D eigenvalue weighted by Gasteiger charge is -2.24. The maximum absolute atomic E-state index is 11.4. The van der Waals surface area contributed by atoms with Gasteiger partial charge in [-0.2, -0.15) is 0 Å². The fourth-order valence-electron chi connectivity index (χ4n) is 0.948. The first-order valence-corrected chi connectivity index (χ1v) is 6.80. The summed E-state index contributed by atoms with van der Waals surface area (Å²) in [6.07, 6.45) is -0.818. The quantitative estimate of drug-likeness (QED) is 0.502. The van der Waals surface area contributed by atoms with Gasteiger partial charge in [0.2, 0.25) is 5.91 Å². The number of hydrogen-bond donors (Lipinski definition) is 2. The second kappa shape index (κ2) is 7.88. The summed E-state index contributed by atoms with van der Waals surface area (Å²) in [6.45, 7) is 6.38. The minimum Gasteiger partial charge on any atom is -0.548 e. The average molecular weight is 291 g/mol. The third-order valence-electron chi connectivity index (χ3n) is 1.68. The lowest BCUT2D eigenvalue weighted by atomic mass is 10.2. The summed E-state index contributed by atoms with van der Waals surface area (Å²) in [6, 6.07) is -1.17. The van der Waals surface area contributed by atoms with Crippen LogP contribution in [0, 0.1) is 0 Å². The zero-order chi connectivity index (χ0) is 15.1. The van der Waals surface area contributed by atoms with Gasteiger partial charge in [-0.25, -0.2) is 4.79 Å². The Bertz CT molecular complexity index is 340. The number of thioether (sulfide) groups is 1. The molecule has 0 heterocycles. The molecule has 2 N–H and O–H groups in total. The zero-order valence-corrected chi connectivity index (χ0v) is 12.3. The molecule has 110 valence electrons. The fourth-order valence-corrected chi connectivity index (χ4v) is 1.83. The molecule has 0 fully saturated rings. The second-order valence-corrected chi connectivity index (χ2v) is 5.80. The van der Waals surface area contributed by atoms with E-state index >= 15 is 0 Å². The Balaban J connectivity index is 4.16. The smallest absolute Gasteiger partial charge is 0.408 e. The summed E-state index contributed by atoms with van der Waals surface area (Å²) >= 11 is 1.15. The van der Waals surface area contributed by atoms with E-state index < -0.39 is 23.7 Å². The number of aliphatic carboxylic acids is 1. The molecule has 1 atom stereocenters. The van der Waals surface area contributed by atoms with Crippen LogP contribution in [0.5, 0.6) is 0 Å². The van der Waals surface area contributed by atoms with Crippen LogP contribution in [0.4, 0.5) is 4.79 Å². The number of amides is 2. The SMILES string of the molecule is CC(=O)NCSC[C@H](NC(=O)OC(C)(C)C)C(=O)[O-]. The monoisotopic (exact) mass is 291 g/mol. The molecule has 0 rings (SSSR count). The van der Waals surface area contributed by atoms with Gasteiger partial charge < -0.3 is 25.3 Å². The molecule has 0 radical (unpaired) electrons. The topological polar surface area (TPSA) is 108 Å². The molecule has 0 saturated carbocycles. The van der Waals surface area contributed by atoms with Crippen LogP contribution in [0.3, 0.4) is 0 Å². The minimum atomic E-state index is -1.40. The molecule has 0 aliphatic heterocycles. The first-order valence-electron chi connectivity index (χ1n) is 5.64. The van der Waals surface area contributed by atoms with Crippen LogP contribution in [0.2, 0.25) is 0 Å². The number of ether oxygens (including phenoxy) is 1. The van der Waals surface area contributed by atoms with Crippen LogP contribution in [0.1, 0.15) is 27.7 Å². The molecular weight excluding hydrogens is 272 g/mol. The Morgan fingerprint density at radius 3 is 2.32 bits per heavy atom. The van der Waals surface area contributed by atoms with Crippen molar-refractivity contribution in [3.05, 3.63) is 0 Å². The molecule has 0 unspecified atom stereocenters. The van der Waals surface area contributed by atoms with Gasteiger partial charge in [-0.3, -0.25) is 4.79 Å². The van der Waals surface area contributed by atoms with E-state index in [-0.39, 0.29) is 17.5 Å². The van der Waals surface area contributed by atoms with Crippen LogP contribution in [0.15, 0.2) is 0 Å². The van der Waals surface area contributed by atoms with E-state index in [0.717, 1.165) is 11.8 Å². The van der Waals surface area contributed by atoms with Gasteiger partial charge in [0.25, 0.3) is 0 Å². The van der Waals surface area contributed by atoms with Crippen molar-refractivity contribution in [2.75, 3.05) is 11.6 Å². The van der Waals surface area contributed by atoms with Gasteiger partial charge in [0, 0.05) is 12.7 Å². The van der Waals surface area contributed by atoms with Crippen molar-refractivity contribution in [2.45, 2.75) is 39.3 Å². The van der Waals surface area contributed by atoms with Crippen LogP contribution in [-0.2, 0) is 14.3 Å². The molecule has 0 bridgehead atoms. The van der Waals surface area contributed by atoms with Crippen molar-refractivity contribution in [1.82, 2.24) is 10.6 Å². The van der Waals surface area contributed by atoms with Crippen molar-refractivity contribution in [3.8, 4) is 0 Å². The largest absolute Gasteiger partial charge is 0.548 e. The predicted molar refractivity (Wildman–Crippen MR) is 69.3 cm³/mol. The van der Waals surface area contributed by atoms with E-state index in [4.69, 9.17) is 4.74 Å². The molecule has 0 aliphatic carbocycles. The molecule has 7 nitrogen and oxygen atoms in total. The van der Waals surface area contributed by atoms with E-state index in [0.29, 0.717) is 0 Å². The van der Waals surface area contributed by atoms with Crippen LogP contribution >= 0.6 is 11.8 Å². The van der Waals surface area contributed by atoms with Crippen molar-refractivity contribution >= 4 is 29.7 Å². The van der Waals surface area contributed by atoms with Gasteiger partial charge in [0.15, 0.2) is 0 Å². The molecule has 0 saturated heterocycles. The lowest BCUT2D eigenvalue weighted by molar-refractivity contribution is -0.307. The number of alkyl carbamates (subject to hydrolysis) is 1. The van der Waals surface area contributed by atoms with Crippen LogP contribution < -0.4 is 15.7 Å². The highest BCUT2D eigenvalue weighted by Crippen LogP contribution is 2.07. The zero-order valence-electron chi connectivity index (χ0n) is 11.4. The van der Waals surface area contributed by atoms with Gasteiger partial charge in [-0.05, 0) is 20.8 Å². The van der Waals surface area contributed by atoms with Crippen LogP contribution in [-0.4, -0.2) is 41.2 Å². The highest BCUT2D eigenvalue weighted by atomic mass is 32.2. The van der Waals surface area contributed by atoms with Crippen LogP contribution in [0.25, 0.3) is 0 Å². The normalized spacial score (nSPS) is 12.4. The maximum atomic E-state index is 11.4. The molecule has 8 heteroatoms. The summed E-state index contributed by atoms with van der Waals surface area (Å²) in [5.41, 5.74) is -0.704. The Morgan fingerprint density at radius 2 is 1.89 bits per heavy atom. The Kier molecular flexibility index (Phi) is 7.28. The highest BCUT2D eigenvalue weighted by molar-refractivity contribution is 7.99. The number of hydrogen-bond acceptors (Lipinski definition) is 6. The lowest BCUT2D eigenvalue weighted by Crippen LogP contribution is -2.50. The highest BCUT2D eigenvalue weighted by Gasteiger charge is 2.20. The summed E-state index contributed by atoms with van der Waals surface area (Å²) < 4.78 is 4.94. The fraction of sp³-hybridized carbons (Fsp3) is 0.727. The summed E-state index contributed by atoms with van der Waals surface area (Å²) in [4.78, 5) is 32.9. The van der Waals surface area contributed by atoms with Crippen molar-refractivity contribution < 1.29 is 24.2 Å². The number of carbonyl (C=O) groups excluding carboxylic acids is 3. The molecule has 2 amide bonds. The molecule has 0 aliphatic rings. The van der Waals surface area contributed by atoms with Gasteiger partial charge in [-0.1, -0.05) is 0 Å². The Hall–Kier alpha value is -1.44. The second-order valence-electron chi connectivity index (χ2n) is 4.77. The number of nitrogens with one attached hydrogen (secondary N) is 2. The molecular formula is C11H19N2O5S-. The number of rotatable bonds is 6. The van der Waals surface area contributed by atoms with E-state index in [9.17, 15) is 19.5 Å². The molecule has 19 heavy (non-hydrogen) atoms. The van der Waals surface area contributed by atoms with Gasteiger partial charge in [0.05, 0.1) is 17.9 Å². The minimum absolute atomic E-state index is 0.0713. The summed E-state index contributed by atoms with van der Waals surface area (Å²) in [5.74, 6) is -1.28. The summed E-state index contributed by atoms with van der Waals surface area (Å²) in [5, 5.41) is 15.5. The maximum Gasteiger partial charge on any atom is 0.408 e. The third kappa shape index (κ3) is 10.2. The third-order valence-corrected chi connectivity index (χ3v) is 2.60. The molecule has 0 spiro atoms. The first kappa shape index (κ1) is 17.6. The Morgan fingerprint density at radius 1 is 1.32 bits per heavy atom. The predicted octanol–water partition coefficient (Wildman–Crippen LogP) is -0.544. The summed E-state index contributed by atoms with van der Waals surface area (Å²) in [7, 11) is 0. The van der Waals surface area contributed by atoms with Gasteiger partial charge in [-0.15, -0.1) is 11.8 Å². The first-order chi connectivity index (χ1) is 8.61. The van der Waals surface area contributed by atoms with Crippen molar-refractivity contribution in [3.63, 3.8) is 0 Å². The van der Waals surface area contributed by atoms with E-state index in [1.807, 2.05) is 0 Å². The number of carbonyl (C=O) groups is 3. The molecule has 0 aromatic rings. The van der Waals surface area contributed by atoms with Crippen molar-refractivity contribution in [1.29, 1.82) is 0 Å². The standard InChI is InChI=1S/C11H20N2O5S/c1-7(14)12-6-19-5-8(9(15)16)13-10(17)18-11(2,3)4/h8H,5-6H2,1-4H3,(H,12,14)(H,13,17)(H,15,16)/p-1/t8-/m0/s1.